The zero-order valence-electron chi connectivity index (χ0n) is 12.9. The Morgan fingerprint density at radius 1 is 1.26 bits per heavy atom. The number of nitrogens with zero attached hydrogens (tertiary/aromatic N) is 1. The Morgan fingerprint density at radius 2 is 1.87 bits per heavy atom. The third kappa shape index (κ3) is 3.37. The van der Waals surface area contributed by atoms with Gasteiger partial charge >= 0.3 is 0 Å². The summed E-state index contributed by atoms with van der Waals surface area (Å²) >= 11 is 0. The molecule has 1 saturated heterocycles. The van der Waals surface area contributed by atoms with E-state index in [9.17, 15) is 22.0 Å². The van der Waals surface area contributed by atoms with E-state index in [0.717, 1.165) is 18.6 Å². The molecule has 5 nitrogen and oxygen atoms in total. The van der Waals surface area contributed by atoms with Crippen molar-refractivity contribution in [1.82, 2.24) is 4.31 Å². The van der Waals surface area contributed by atoms with Gasteiger partial charge < -0.3 is 5.73 Å². The number of hydrogen-bond acceptors (Lipinski definition) is 3. The van der Waals surface area contributed by atoms with E-state index in [0.29, 0.717) is 25.3 Å². The molecule has 2 N–H and O–H groups in total. The Bertz CT molecular complexity index is 699. The predicted octanol–water partition coefficient (Wildman–Crippen LogP) is 2.02. The number of carbonyl (C=O) groups is 1. The van der Waals surface area contributed by atoms with Crippen molar-refractivity contribution >= 4 is 15.9 Å². The molecule has 0 aliphatic carbocycles. The number of sulfonamides is 1. The molecule has 0 bridgehead atoms. The molecule has 1 aliphatic heterocycles. The zero-order chi connectivity index (χ0) is 17.3. The number of rotatable bonds is 5. The van der Waals surface area contributed by atoms with Crippen LogP contribution in [0.1, 0.15) is 32.6 Å². The van der Waals surface area contributed by atoms with Crippen molar-refractivity contribution in [3.05, 3.63) is 29.8 Å². The molecule has 23 heavy (non-hydrogen) atoms. The summed E-state index contributed by atoms with van der Waals surface area (Å²) in [5.74, 6) is -2.72. The van der Waals surface area contributed by atoms with Crippen LogP contribution >= 0.6 is 0 Å². The largest absolute Gasteiger partial charge is 0.369 e. The number of piperidine rings is 1. The first-order chi connectivity index (χ1) is 10.7. The van der Waals surface area contributed by atoms with Crippen LogP contribution in [0, 0.1) is 17.0 Å². The fourth-order valence-electron chi connectivity index (χ4n) is 3.04. The molecule has 0 aromatic heterocycles. The summed E-state index contributed by atoms with van der Waals surface area (Å²) in [5.41, 5.74) is 4.81. The van der Waals surface area contributed by atoms with Crippen LogP contribution in [-0.4, -0.2) is 31.7 Å². The Kier molecular flexibility index (Phi) is 5.05. The quantitative estimate of drug-likeness (QED) is 0.886. The number of benzene rings is 1. The van der Waals surface area contributed by atoms with Gasteiger partial charge in [-0.1, -0.05) is 13.3 Å². The molecule has 1 aliphatic rings. The second-order valence-electron chi connectivity index (χ2n) is 5.87. The van der Waals surface area contributed by atoms with Gasteiger partial charge in [-0.25, -0.2) is 17.2 Å². The van der Waals surface area contributed by atoms with Crippen molar-refractivity contribution in [2.75, 3.05) is 13.1 Å². The first kappa shape index (κ1) is 17.8. The summed E-state index contributed by atoms with van der Waals surface area (Å²) in [5, 5.41) is 0. The number of amides is 1. The first-order valence-electron chi connectivity index (χ1n) is 7.48. The molecule has 0 atom stereocenters. The minimum atomic E-state index is -3.92. The van der Waals surface area contributed by atoms with E-state index in [2.05, 4.69) is 0 Å². The maximum absolute atomic E-state index is 13.3. The highest BCUT2D eigenvalue weighted by atomic mass is 32.2. The molecular formula is C15H20F2N2O3S. The van der Waals surface area contributed by atoms with Crippen LogP contribution in [0.25, 0.3) is 0 Å². The molecule has 0 radical (unpaired) electrons. The minimum absolute atomic E-state index is 0.129. The fraction of sp³-hybridized carbons (Fsp3) is 0.533. The molecule has 8 heteroatoms. The lowest BCUT2D eigenvalue weighted by Gasteiger charge is -2.39. The van der Waals surface area contributed by atoms with Crippen LogP contribution in [0.2, 0.25) is 0 Å². The molecule has 0 spiro atoms. The maximum Gasteiger partial charge on any atom is 0.243 e. The summed E-state index contributed by atoms with van der Waals surface area (Å²) in [6.45, 7) is 2.20. The predicted molar refractivity (Wildman–Crippen MR) is 80.9 cm³/mol. The Balaban J connectivity index is 2.21. The second kappa shape index (κ2) is 6.52. The van der Waals surface area contributed by atoms with Gasteiger partial charge in [0.05, 0.1) is 10.3 Å². The lowest BCUT2D eigenvalue weighted by Crippen LogP contribution is -2.48. The van der Waals surface area contributed by atoms with E-state index in [1.165, 1.54) is 4.31 Å². The van der Waals surface area contributed by atoms with E-state index in [1.54, 1.807) is 0 Å². The third-order valence-electron chi connectivity index (χ3n) is 4.46. The highest BCUT2D eigenvalue weighted by Gasteiger charge is 2.42. The third-order valence-corrected chi connectivity index (χ3v) is 6.35. The SMILES string of the molecule is CCCC1(C(N)=O)CCN(S(=O)(=O)c2ccc(F)c(F)c2)CC1. The maximum atomic E-state index is 13.3. The topological polar surface area (TPSA) is 80.5 Å². The van der Waals surface area contributed by atoms with Gasteiger partial charge in [0.15, 0.2) is 11.6 Å². The fourth-order valence-corrected chi connectivity index (χ4v) is 4.49. The molecule has 2 rings (SSSR count). The smallest absolute Gasteiger partial charge is 0.243 e. The molecule has 0 unspecified atom stereocenters. The van der Waals surface area contributed by atoms with Crippen LogP contribution < -0.4 is 5.73 Å². The summed E-state index contributed by atoms with van der Waals surface area (Å²) < 4.78 is 52.5. The summed E-state index contributed by atoms with van der Waals surface area (Å²) in [6.07, 6.45) is 2.05. The molecule has 0 saturated carbocycles. The molecule has 1 aromatic carbocycles. The molecule has 1 heterocycles. The number of primary amides is 1. The van der Waals surface area contributed by atoms with Gasteiger partial charge in [0.1, 0.15) is 0 Å². The zero-order valence-corrected chi connectivity index (χ0v) is 13.7. The van der Waals surface area contributed by atoms with Gasteiger partial charge in [-0.3, -0.25) is 4.79 Å². The van der Waals surface area contributed by atoms with E-state index in [4.69, 9.17) is 5.73 Å². The van der Waals surface area contributed by atoms with Gasteiger partial charge in [-0.05, 0) is 37.5 Å². The Labute approximate surface area is 134 Å². The van der Waals surface area contributed by atoms with Crippen LogP contribution in [-0.2, 0) is 14.8 Å². The number of hydrogen-bond donors (Lipinski definition) is 1. The van der Waals surface area contributed by atoms with Gasteiger partial charge in [0.2, 0.25) is 15.9 Å². The average molecular weight is 346 g/mol. The summed E-state index contributed by atoms with van der Waals surface area (Å²) in [4.78, 5) is 11.4. The van der Waals surface area contributed by atoms with Crippen molar-refractivity contribution in [3.8, 4) is 0 Å². The average Bonchev–Trinajstić information content (AvgIpc) is 2.50. The monoisotopic (exact) mass is 346 g/mol. The Morgan fingerprint density at radius 3 is 2.35 bits per heavy atom. The Hall–Kier alpha value is -1.54. The van der Waals surface area contributed by atoms with E-state index < -0.39 is 33.0 Å². The van der Waals surface area contributed by atoms with Gasteiger partial charge in [0, 0.05) is 13.1 Å². The molecule has 1 aromatic rings. The molecule has 1 amide bonds. The van der Waals surface area contributed by atoms with E-state index in [-0.39, 0.29) is 18.0 Å². The normalized spacial score (nSPS) is 18.7. The molecule has 128 valence electrons. The van der Waals surface area contributed by atoms with E-state index >= 15 is 0 Å². The van der Waals surface area contributed by atoms with Crippen LogP contribution in [0.15, 0.2) is 23.1 Å². The summed E-state index contributed by atoms with van der Waals surface area (Å²) in [7, 11) is -3.92. The van der Waals surface area contributed by atoms with Crippen molar-refractivity contribution < 1.29 is 22.0 Å². The second-order valence-corrected chi connectivity index (χ2v) is 7.81. The number of halogens is 2. The van der Waals surface area contributed by atoms with Gasteiger partial charge in [-0.2, -0.15) is 4.31 Å². The lowest BCUT2D eigenvalue weighted by molar-refractivity contribution is -0.130. The van der Waals surface area contributed by atoms with Crippen LogP contribution in [0.5, 0.6) is 0 Å². The highest BCUT2D eigenvalue weighted by Crippen LogP contribution is 2.37. The standard InChI is InChI=1S/C15H20F2N2O3S/c1-2-5-15(14(18)20)6-8-19(9-7-15)23(21,22)11-3-4-12(16)13(17)10-11/h3-4,10H,2,5-9H2,1H3,(H2,18,20). The van der Waals surface area contributed by atoms with Crippen molar-refractivity contribution in [1.29, 1.82) is 0 Å². The highest BCUT2D eigenvalue weighted by molar-refractivity contribution is 7.89. The lowest BCUT2D eigenvalue weighted by atomic mass is 9.75. The molecule has 1 fully saturated rings. The summed E-state index contributed by atoms with van der Waals surface area (Å²) in [6, 6.07) is 2.50. The first-order valence-corrected chi connectivity index (χ1v) is 8.92. The van der Waals surface area contributed by atoms with Gasteiger partial charge in [0.25, 0.3) is 0 Å². The minimum Gasteiger partial charge on any atom is -0.369 e. The molecular weight excluding hydrogens is 326 g/mol. The van der Waals surface area contributed by atoms with Crippen LogP contribution in [0.4, 0.5) is 8.78 Å². The van der Waals surface area contributed by atoms with Crippen LogP contribution in [0.3, 0.4) is 0 Å². The van der Waals surface area contributed by atoms with Crippen molar-refractivity contribution in [3.63, 3.8) is 0 Å². The number of carbonyl (C=O) groups excluding carboxylic acids is 1. The number of nitrogens with two attached hydrogens (primary N) is 1. The van der Waals surface area contributed by atoms with Gasteiger partial charge in [-0.15, -0.1) is 0 Å². The van der Waals surface area contributed by atoms with Crippen molar-refractivity contribution in [2.45, 2.75) is 37.5 Å². The van der Waals surface area contributed by atoms with Crippen molar-refractivity contribution in [2.24, 2.45) is 11.1 Å². The van der Waals surface area contributed by atoms with E-state index in [1.807, 2.05) is 6.92 Å².